The summed E-state index contributed by atoms with van der Waals surface area (Å²) in [7, 11) is -0.486. The zero-order valence-electron chi connectivity index (χ0n) is 24.4. The first-order valence-corrected chi connectivity index (χ1v) is 16.4. The van der Waals surface area contributed by atoms with Gasteiger partial charge in [-0.25, -0.2) is 4.57 Å². The summed E-state index contributed by atoms with van der Waals surface area (Å²) in [5, 5.41) is 0. The number of hydrogen-bond acceptors (Lipinski definition) is 7. The second kappa shape index (κ2) is 30.5. The highest BCUT2D eigenvalue weighted by Crippen LogP contribution is 2.14. The first kappa shape index (κ1) is 37.0. The zero-order valence-corrected chi connectivity index (χ0v) is 25.3. The Labute approximate surface area is 235 Å². The largest absolute Gasteiger partial charge is 0.462 e. The molecule has 0 aliphatic carbocycles. The summed E-state index contributed by atoms with van der Waals surface area (Å²) in [6.07, 6.45) is 25.0. The Morgan fingerprint density at radius 3 is 1.47 bits per heavy atom. The third-order valence-corrected chi connectivity index (χ3v) is 7.12. The molecule has 0 heterocycles. The smallest absolute Gasteiger partial charge is 0.327 e. The molecule has 0 saturated heterocycles. The topological polar surface area (TPSA) is 105 Å². The van der Waals surface area contributed by atoms with E-state index in [-0.39, 0.29) is 25.2 Å². The summed E-state index contributed by atoms with van der Waals surface area (Å²) in [5.74, 6) is -0.624. The lowest BCUT2D eigenvalue weighted by Crippen LogP contribution is -2.28. The van der Waals surface area contributed by atoms with E-state index in [9.17, 15) is 14.2 Å². The molecule has 0 aromatic heterocycles. The lowest BCUT2D eigenvalue weighted by molar-refractivity contribution is -0.160. The average Bonchev–Trinajstić information content (AvgIpc) is 2.91. The fourth-order valence-electron chi connectivity index (χ4n) is 4.49. The number of nitrogens with two attached hydrogens (primary N) is 1. The van der Waals surface area contributed by atoms with Gasteiger partial charge in [-0.1, -0.05) is 122 Å². The van der Waals surface area contributed by atoms with Gasteiger partial charge >= 0.3 is 20.6 Å². The van der Waals surface area contributed by atoms with Crippen molar-refractivity contribution in [2.24, 2.45) is 5.73 Å². The van der Waals surface area contributed by atoms with Crippen molar-refractivity contribution in [3.63, 3.8) is 0 Å². The Morgan fingerprint density at radius 1 is 0.605 bits per heavy atom. The maximum atomic E-state index is 12.2. The summed E-state index contributed by atoms with van der Waals surface area (Å²) < 4.78 is 26.2. The molecule has 2 N–H and O–H groups in total. The number of esters is 2. The SMILES string of the molecule is CCCCCCCCCCCCCCC(=O)O[C@H](COP=O)COC(=O)CCCCCCCCCCCN. The fraction of sp³-hybridized carbons (Fsp3) is 0.933. The lowest BCUT2D eigenvalue weighted by atomic mass is 10.0. The Morgan fingerprint density at radius 2 is 1.03 bits per heavy atom. The maximum absolute atomic E-state index is 12.2. The first-order chi connectivity index (χ1) is 18.6. The number of carbonyl (C=O) groups is 2. The molecule has 0 amide bonds. The molecule has 1 atom stereocenters. The maximum Gasteiger partial charge on any atom is 0.327 e. The van der Waals surface area contributed by atoms with Gasteiger partial charge < -0.3 is 15.2 Å². The Bertz CT molecular complexity index is 549. The van der Waals surface area contributed by atoms with Crippen molar-refractivity contribution in [2.45, 2.75) is 161 Å². The molecular formula is C30H58NO6P. The Balaban J connectivity index is 3.79. The number of carbonyl (C=O) groups excluding carboxylic acids is 2. The first-order valence-electron chi connectivity index (χ1n) is 15.6. The molecule has 0 aliphatic rings. The van der Waals surface area contributed by atoms with Crippen LogP contribution in [-0.4, -0.2) is 37.8 Å². The summed E-state index contributed by atoms with van der Waals surface area (Å²) in [6, 6.07) is 0. The van der Waals surface area contributed by atoms with Crippen LogP contribution in [0.25, 0.3) is 0 Å². The van der Waals surface area contributed by atoms with E-state index in [1.54, 1.807) is 0 Å². The van der Waals surface area contributed by atoms with Crippen LogP contribution in [0.1, 0.15) is 155 Å². The molecule has 8 heteroatoms. The summed E-state index contributed by atoms with van der Waals surface area (Å²) in [5.41, 5.74) is 5.50. The van der Waals surface area contributed by atoms with E-state index in [1.165, 1.54) is 89.9 Å². The van der Waals surface area contributed by atoms with Crippen LogP contribution in [0, 0.1) is 0 Å². The molecule has 38 heavy (non-hydrogen) atoms. The van der Waals surface area contributed by atoms with Gasteiger partial charge in [0, 0.05) is 12.8 Å². The van der Waals surface area contributed by atoms with E-state index < -0.39 is 14.8 Å². The highest BCUT2D eigenvalue weighted by Gasteiger charge is 2.17. The van der Waals surface area contributed by atoms with Gasteiger partial charge in [-0.3, -0.25) is 14.1 Å². The number of hydrogen-bond donors (Lipinski definition) is 1. The van der Waals surface area contributed by atoms with Crippen molar-refractivity contribution >= 4 is 20.6 Å². The van der Waals surface area contributed by atoms with Crippen molar-refractivity contribution in [3.8, 4) is 0 Å². The highest BCUT2D eigenvalue weighted by atomic mass is 31.1. The van der Waals surface area contributed by atoms with Crippen molar-refractivity contribution in [2.75, 3.05) is 19.8 Å². The van der Waals surface area contributed by atoms with E-state index in [1.807, 2.05) is 0 Å². The molecule has 0 radical (unpaired) electrons. The van der Waals surface area contributed by atoms with Gasteiger partial charge in [-0.2, -0.15) is 0 Å². The molecule has 0 spiro atoms. The van der Waals surface area contributed by atoms with Gasteiger partial charge in [-0.05, 0) is 25.8 Å². The van der Waals surface area contributed by atoms with Gasteiger partial charge in [0.1, 0.15) is 13.2 Å². The van der Waals surface area contributed by atoms with Crippen LogP contribution < -0.4 is 5.73 Å². The van der Waals surface area contributed by atoms with Crippen molar-refractivity contribution in [3.05, 3.63) is 0 Å². The molecule has 0 saturated carbocycles. The van der Waals surface area contributed by atoms with Gasteiger partial charge in [0.05, 0.1) is 0 Å². The zero-order chi connectivity index (χ0) is 27.9. The van der Waals surface area contributed by atoms with E-state index >= 15 is 0 Å². The van der Waals surface area contributed by atoms with Crippen molar-refractivity contribution < 1.29 is 28.2 Å². The number of ether oxygens (including phenoxy) is 2. The van der Waals surface area contributed by atoms with E-state index in [2.05, 4.69) is 6.92 Å². The van der Waals surface area contributed by atoms with Crippen molar-refractivity contribution in [1.29, 1.82) is 0 Å². The lowest BCUT2D eigenvalue weighted by Gasteiger charge is -2.16. The number of rotatable bonds is 30. The predicted molar refractivity (Wildman–Crippen MR) is 155 cm³/mol. The minimum Gasteiger partial charge on any atom is -0.462 e. The third kappa shape index (κ3) is 28.0. The van der Waals surface area contributed by atoms with E-state index in [4.69, 9.17) is 19.7 Å². The van der Waals surface area contributed by atoms with Crippen LogP contribution in [-0.2, 0) is 28.2 Å². The van der Waals surface area contributed by atoms with E-state index in [0.717, 1.165) is 51.5 Å². The van der Waals surface area contributed by atoms with Gasteiger partial charge in [-0.15, -0.1) is 0 Å². The second-order valence-electron chi connectivity index (χ2n) is 10.5. The molecule has 0 bridgehead atoms. The predicted octanol–water partition coefficient (Wildman–Crippen LogP) is 8.62. The van der Waals surface area contributed by atoms with Gasteiger partial charge in [0.2, 0.25) is 0 Å². The normalized spacial score (nSPS) is 12.1. The molecule has 0 unspecified atom stereocenters. The molecule has 224 valence electrons. The molecule has 7 nitrogen and oxygen atoms in total. The van der Waals surface area contributed by atoms with Crippen LogP contribution in [0.5, 0.6) is 0 Å². The quantitative estimate of drug-likeness (QED) is 0.0533. The molecule has 0 rings (SSSR count). The Hall–Kier alpha value is -1.04. The molecule has 0 fully saturated rings. The molecular weight excluding hydrogens is 501 g/mol. The second-order valence-corrected chi connectivity index (χ2v) is 10.9. The minimum atomic E-state index is -0.732. The minimum absolute atomic E-state index is 0.0617. The van der Waals surface area contributed by atoms with Crippen molar-refractivity contribution in [1.82, 2.24) is 0 Å². The van der Waals surface area contributed by atoms with E-state index in [0.29, 0.717) is 12.8 Å². The van der Waals surface area contributed by atoms with Crippen LogP contribution in [0.15, 0.2) is 0 Å². The van der Waals surface area contributed by atoms with Crippen LogP contribution in [0.2, 0.25) is 0 Å². The third-order valence-electron chi connectivity index (χ3n) is 6.86. The highest BCUT2D eigenvalue weighted by molar-refractivity contribution is 7.17. The Kier molecular flexibility index (Phi) is 29.7. The van der Waals surface area contributed by atoms with Crippen LogP contribution in [0.3, 0.4) is 0 Å². The molecule has 0 aromatic rings. The average molecular weight is 560 g/mol. The molecule has 0 aromatic carbocycles. The number of unbranched alkanes of at least 4 members (excludes halogenated alkanes) is 19. The summed E-state index contributed by atoms with van der Waals surface area (Å²) in [4.78, 5) is 24.3. The van der Waals surface area contributed by atoms with Crippen LogP contribution >= 0.6 is 8.69 Å². The summed E-state index contributed by atoms with van der Waals surface area (Å²) >= 11 is 0. The van der Waals surface area contributed by atoms with Gasteiger partial charge in [0.25, 0.3) is 0 Å². The molecule has 0 aliphatic heterocycles. The standard InChI is InChI=1S/C30H58NO6P/c1-2-3-4-5-6-7-8-9-11-15-18-21-24-30(33)37-28(27-36-38-34)26-35-29(32)23-20-17-14-12-10-13-16-19-22-25-31/h28H,2-27,31H2,1H3/t28-/m0/s1. The van der Waals surface area contributed by atoms with Gasteiger partial charge in [0.15, 0.2) is 6.10 Å². The summed E-state index contributed by atoms with van der Waals surface area (Å²) in [6.45, 7) is 2.90. The monoisotopic (exact) mass is 559 g/mol. The van der Waals surface area contributed by atoms with Crippen LogP contribution in [0.4, 0.5) is 0 Å². The fourth-order valence-corrected chi connectivity index (χ4v) is 4.72.